The molecule has 0 radical (unpaired) electrons. The second-order valence-electron chi connectivity index (χ2n) is 7.06. The zero-order valence-electron chi connectivity index (χ0n) is 15.5. The normalized spacial score (nSPS) is 15.5. The van der Waals surface area contributed by atoms with Crippen LogP contribution in [0.3, 0.4) is 0 Å². The number of hydrogen-bond donors (Lipinski definition) is 0. The molecule has 0 heteroatoms. The largest absolute Gasteiger partial charge is 0.0998 e. The van der Waals surface area contributed by atoms with Crippen LogP contribution < -0.4 is 0 Å². The van der Waals surface area contributed by atoms with E-state index in [1.54, 1.807) is 0 Å². The van der Waals surface area contributed by atoms with Gasteiger partial charge in [0.05, 0.1) is 0 Å². The van der Waals surface area contributed by atoms with Crippen LogP contribution in [0.4, 0.5) is 0 Å². The first-order valence-electron chi connectivity index (χ1n) is 9.29. The van der Waals surface area contributed by atoms with Crippen molar-refractivity contribution >= 4 is 0 Å². The van der Waals surface area contributed by atoms with Crippen molar-refractivity contribution in [2.24, 2.45) is 17.8 Å². The Morgan fingerprint density at radius 2 is 1.33 bits per heavy atom. The van der Waals surface area contributed by atoms with Crippen molar-refractivity contribution in [1.82, 2.24) is 0 Å². The molecule has 0 bridgehead atoms. The molecule has 0 N–H and O–H groups in total. The summed E-state index contributed by atoms with van der Waals surface area (Å²) in [6.45, 7) is 20.2. The third kappa shape index (κ3) is 8.49. The second-order valence-corrected chi connectivity index (χ2v) is 7.06. The van der Waals surface area contributed by atoms with E-state index in [1.807, 2.05) is 0 Å². The minimum absolute atomic E-state index is 0.584. The van der Waals surface area contributed by atoms with Gasteiger partial charge < -0.3 is 0 Å². The summed E-state index contributed by atoms with van der Waals surface area (Å²) in [7, 11) is 0. The minimum Gasteiger partial charge on any atom is -0.0998 e. The minimum atomic E-state index is 0.584. The Kier molecular flexibility index (Phi) is 11.8. The van der Waals surface area contributed by atoms with Crippen LogP contribution in [0.1, 0.15) is 92.4 Å². The topological polar surface area (TPSA) is 0 Å². The molecule has 3 unspecified atom stereocenters. The van der Waals surface area contributed by atoms with E-state index in [4.69, 9.17) is 0 Å². The van der Waals surface area contributed by atoms with Gasteiger partial charge in [-0.1, -0.05) is 96.9 Å². The van der Waals surface area contributed by atoms with E-state index in [0.29, 0.717) is 17.8 Å². The molecule has 0 fully saturated rings. The van der Waals surface area contributed by atoms with Crippen LogP contribution in [0.25, 0.3) is 0 Å². The lowest BCUT2D eigenvalue weighted by atomic mass is 9.76. The lowest BCUT2D eigenvalue weighted by Crippen LogP contribution is -2.18. The molecule has 0 nitrogen and oxygen atoms in total. The number of allylic oxidation sites excluding steroid dienone is 2. The molecule has 0 aromatic rings. The van der Waals surface area contributed by atoms with Crippen molar-refractivity contribution in [3.8, 4) is 0 Å². The molecule has 0 rings (SSSR count). The summed E-state index contributed by atoms with van der Waals surface area (Å²) in [5.41, 5.74) is 2.80. The van der Waals surface area contributed by atoms with Gasteiger partial charge in [-0.05, 0) is 37.5 Å². The Hall–Kier alpha value is -0.520. The molecule has 0 saturated carbocycles. The number of unbranched alkanes of at least 4 members (excludes halogenated alkanes) is 5. The highest BCUT2D eigenvalue weighted by molar-refractivity contribution is 5.11. The van der Waals surface area contributed by atoms with Crippen LogP contribution in [0, 0.1) is 17.8 Å². The zero-order valence-corrected chi connectivity index (χ0v) is 15.5. The highest BCUT2D eigenvalue weighted by Crippen LogP contribution is 2.34. The van der Waals surface area contributed by atoms with Gasteiger partial charge in [-0.15, -0.1) is 0 Å². The quantitative estimate of drug-likeness (QED) is 0.243. The summed E-state index contributed by atoms with van der Waals surface area (Å²) in [6, 6.07) is 0. The van der Waals surface area contributed by atoms with Gasteiger partial charge in [0.25, 0.3) is 0 Å². The number of rotatable bonds is 13. The van der Waals surface area contributed by atoms with Crippen LogP contribution >= 0.6 is 0 Å². The summed E-state index contributed by atoms with van der Waals surface area (Å²) in [4.78, 5) is 0. The highest BCUT2D eigenvalue weighted by Gasteiger charge is 2.22. The lowest BCUT2D eigenvalue weighted by molar-refractivity contribution is 0.379. The van der Waals surface area contributed by atoms with E-state index >= 15 is 0 Å². The molecule has 21 heavy (non-hydrogen) atoms. The molecular formula is C21H40. The van der Waals surface area contributed by atoms with E-state index in [-0.39, 0.29) is 0 Å². The average Bonchev–Trinajstić information content (AvgIpc) is 2.45. The lowest BCUT2D eigenvalue weighted by Gasteiger charge is -2.29. The van der Waals surface area contributed by atoms with Crippen LogP contribution in [-0.2, 0) is 0 Å². The molecule has 0 aromatic carbocycles. The second kappa shape index (κ2) is 12.1. The van der Waals surface area contributed by atoms with Crippen molar-refractivity contribution in [2.45, 2.75) is 92.4 Å². The summed E-state index contributed by atoms with van der Waals surface area (Å²) < 4.78 is 0. The zero-order chi connectivity index (χ0) is 16.3. The van der Waals surface area contributed by atoms with Crippen molar-refractivity contribution in [1.29, 1.82) is 0 Å². The van der Waals surface area contributed by atoms with Crippen molar-refractivity contribution in [3.63, 3.8) is 0 Å². The van der Waals surface area contributed by atoms with Gasteiger partial charge in [-0.2, -0.15) is 0 Å². The van der Waals surface area contributed by atoms with Gasteiger partial charge in [0.1, 0.15) is 0 Å². The SMILES string of the molecule is C=C(C(C)CCCCC)C(C)C(CCCCCC)C(=C)C. The predicted molar refractivity (Wildman–Crippen MR) is 98.7 cm³/mol. The maximum Gasteiger partial charge on any atom is -0.0146 e. The molecule has 0 aliphatic heterocycles. The third-order valence-corrected chi connectivity index (χ3v) is 5.06. The summed E-state index contributed by atoms with van der Waals surface area (Å²) in [5, 5.41) is 0. The van der Waals surface area contributed by atoms with E-state index in [9.17, 15) is 0 Å². The van der Waals surface area contributed by atoms with E-state index < -0.39 is 0 Å². The Bertz CT molecular complexity index is 286. The molecule has 0 amide bonds. The smallest absolute Gasteiger partial charge is 0.0146 e. The van der Waals surface area contributed by atoms with Gasteiger partial charge in [-0.3, -0.25) is 0 Å². The first kappa shape index (κ1) is 20.5. The molecule has 124 valence electrons. The molecule has 0 aromatic heterocycles. The summed E-state index contributed by atoms with van der Waals surface area (Å²) >= 11 is 0. The van der Waals surface area contributed by atoms with Crippen LogP contribution in [0.2, 0.25) is 0 Å². The fraction of sp³-hybridized carbons (Fsp3) is 0.810. The maximum atomic E-state index is 4.44. The van der Waals surface area contributed by atoms with Gasteiger partial charge >= 0.3 is 0 Å². The van der Waals surface area contributed by atoms with Crippen LogP contribution in [0.5, 0.6) is 0 Å². The van der Waals surface area contributed by atoms with Crippen molar-refractivity contribution < 1.29 is 0 Å². The van der Waals surface area contributed by atoms with Gasteiger partial charge in [-0.25, -0.2) is 0 Å². The Morgan fingerprint density at radius 3 is 1.86 bits per heavy atom. The summed E-state index contributed by atoms with van der Waals surface area (Å²) in [5.74, 6) is 1.87. The van der Waals surface area contributed by atoms with Crippen molar-refractivity contribution in [2.75, 3.05) is 0 Å². The third-order valence-electron chi connectivity index (χ3n) is 5.06. The van der Waals surface area contributed by atoms with Crippen LogP contribution in [0.15, 0.2) is 24.3 Å². The molecule has 0 saturated heterocycles. The predicted octanol–water partition coefficient (Wildman–Crippen LogP) is 7.56. The fourth-order valence-electron chi connectivity index (χ4n) is 3.31. The van der Waals surface area contributed by atoms with Gasteiger partial charge in [0.15, 0.2) is 0 Å². The van der Waals surface area contributed by atoms with Crippen molar-refractivity contribution in [3.05, 3.63) is 24.3 Å². The van der Waals surface area contributed by atoms with E-state index in [2.05, 4.69) is 47.8 Å². The van der Waals surface area contributed by atoms with Gasteiger partial charge in [0.2, 0.25) is 0 Å². The Balaban J connectivity index is 4.39. The Morgan fingerprint density at radius 1 is 0.810 bits per heavy atom. The first-order valence-corrected chi connectivity index (χ1v) is 9.29. The molecule has 0 aliphatic rings. The molecule has 0 heterocycles. The summed E-state index contributed by atoms with van der Waals surface area (Å²) in [6.07, 6.45) is 12.0. The first-order chi connectivity index (χ1) is 9.95. The fourth-order valence-corrected chi connectivity index (χ4v) is 3.31. The van der Waals surface area contributed by atoms with Gasteiger partial charge in [0, 0.05) is 0 Å². The highest BCUT2D eigenvalue weighted by atomic mass is 14.3. The standard InChI is InChI=1S/C21H40/c1-8-10-12-14-16-21(17(3)4)20(7)19(6)18(5)15-13-11-9-2/h18,20-21H,3,6,8-16H2,1-2,4-5,7H3. The average molecular weight is 293 g/mol. The molecular weight excluding hydrogens is 252 g/mol. The van der Waals surface area contributed by atoms with Crippen LogP contribution in [-0.4, -0.2) is 0 Å². The molecule has 3 atom stereocenters. The maximum absolute atomic E-state index is 4.44. The Labute approximate surface area is 135 Å². The molecule has 0 aliphatic carbocycles. The van der Waals surface area contributed by atoms with E-state index in [1.165, 1.54) is 68.9 Å². The van der Waals surface area contributed by atoms with E-state index in [0.717, 1.165) is 0 Å². The molecule has 0 spiro atoms. The number of hydrogen-bond acceptors (Lipinski definition) is 0. The monoisotopic (exact) mass is 292 g/mol.